The number of hydrogen-bond donors (Lipinski definition) is 2. The zero-order valence-electron chi connectivity index (χ0n) is 16.4. The first kappa shape index (κ1) is 18.8. The minimum atomic E-state index is -2.58. The van der Waals surface area contributed by atoms with Gasteiger partial charge in [0, 0.05) is 28.8 Å². The van der Waals surface area contributed by atoms with Crippen molar-refractivity contribution in [3.63, 3.8) is 0 Å². The Balaban J connectivity index is 2.02. The second-order valence-electron chi connectivity index (χ2n) is 8.31. The number of alkyl halides is 2. The van der Waals surface area contributed by atoms with Crippen molar-refractivity contribution >= 4 is 5.91 Å². The molecule has 0 saturated carbocycles. The molecule has 0 bridgehead atoms. The first-order valence-electron chi connectivity index (χ1n) is 9.53. The molecule has 3 heterocycles. The van der Waals surface area contributed by atoms with E-state index in [1.165, 1.54) is 12.1 Å². The number of benzene rings is 1. The average molecular weight is 386 g/mol. The minimum absolute atomic E-state index is 0.0516. The molecule has 5 nitrogen and oxygen atoms in total. The zero-order valence-corrected chi connectivity index (χ0v) is 16.4. The van der Waals surface area contributed by atoms with Crippen molar-refractivity contribution in [1.82, 2.24) is 10.6 Å². The maximum absolute atomic E-state index is 13.4. The summed E-state index contributed by atoms with van der Waals surface area (Å²) in [6.45, 7) is 7.77. The second-order valence-corrected chi connectivity index (χ2v) is 8.31. The van der Waals surface area contributed by atoms with Gasteiger partial charge in [-0.25, -0.2) is 8.78 Å². The standard InChI is InChI=1S/C21H24F2N4O/c1-5-21(13-8-6-7-12(9-13)17(22)23)15-11(2)26-27-18(15)24-14-10-20(3,4)25-19(28)16(14)21/h6-9,17-18,24H,5,10H2,1-4H3,(H,25,28). The van der Waals surface area contributed by atoms with Crippen molar-refractivity contribution in [1.29, 1.82) is 0 Å². The van der Waals surface area contributed by atoms with Crippen molar-refractivity contribution < 1.29 is 13.6 Å². The van der Waals surface area contributed by atoms with E-state index >= 15 is 0 Å². The minimum Gasteiger partial charge on any atom is -0.362 e. The number of carbonyl (C=O) groups excluding carboxylic acids is 1. The largest absolute Gasteiger partial charge is 0.362 e. The van der Waals surface area contributed by atoms with E-state index in [4.69, 9.17) is 0 Å². The molecule has 2 N–H and O–H groups in total. The van der Waals surface area contributed by atoms with E-state index in [0.29, 0.717) is 24.0 Å². The molecule has 0 aromatic heterocycles. The van der Waals surface area contributed by atoms with Gasteiger partial charge in [0.1, 0.15) is 0 Å². The van der Waals surface area contributed by atoms with E-state index in [1.54, 1.807) is 6.07 Å². The Morgan fingerprint density at radius 1 is 1.32 bits per heavy atom. The fourth-order valence-corrected chi connectivity index (χ4v) is 4.86. The Morgan fingerprint density at radius 3 is 2.75 bits per heavy atom. The third-order valence-corrected chi connectivity index (χ3v) is 5.95. The van der Waals surface area contributed by atoms with Crippen molar-refractivity contribution in [2.75, 3.05) is 0 Å². The average Bonchev–Trinajstić information content (AvgIpc) is 3.00. The summed E-state index contributed by atoms with van der Waals surface area (Å²) < 4.78 is 26.9. The Morgan fingerprint density at radius 2 is 2.07 bits per heavy atom. The molecule has 4 rings (SSSR count). The molecule has 0 saturated heterocycles. The van der Waals surface area contributed by atoms with Gasteiger partial charge in [-0.3, -0.25) is 4.79 Å². The topological polar surface area (TPSA) is 65.8 Å². The van der Waals surface area contributed by atoms with Crippen LogP contribution >= 0.6 is 0 Å². The summed E-state index contributed by atoms with van der Waals surface area (Å²) in [4.78, 5) is 13.3. The van der Waals surface area contributed by atoms with Crippen LogP contribution < -0.4 is 10.6 Å². The number of nitrogens with one attached hydrogen (secondary N) is 2. The van der Waals surface area contributed by atoms with Crippen LogP contribution in [-0.2, 0) is 10.2 Å². The molecule has 3 aliphatic rings. The number of azo groups is 1. The summed E-state index contributed by atoms with van der Waals surface area (Å²) >= 11 is 0. The van der Waals surface area contributed by atoms with Crippen LogP contribution in [0.3, 0.4) is 0 Å². The quantitative estimate of drug-likeness (QED) is 0.804. The highest BCUT2D eigenvalue weighted by atomic mass is 19.3. The first-order valence-corrected chi connectivity index (χ1v) is 9.53. The third-order valence-electron chi connectivity index (χ3n) is 5.95. The van der Waals surface area contributed by atoms with Gasteiger partial charge in [-0.2, -0.15) is 10.2 Å². The molecule has 2 atom stereocenters. The lowest BCUT2D eigenvalue weighted by Gasteiger charge is -2.48. The Labute approximate surface area is 163 Å². The van der Waals surface area contributed by atoms with Gasteiger partial charge in [0.2, 0.25) is 0 Å². The molecule has 0 radical (unpaired) electrons. The molecule has 0 fully saturated rings. The van der Waals surface area contributed by atoms with Crippen LogP contribution in [0.15, 0.2) is 57.0 Å². The monoisotopic (exact) mass is 386 g/mol. The van der Waals surface area contributed by atoms with Crippen LogP contribution in [0.1, 0.15) is 58.1 Å². The number of amides is 1. The molecule has 3 aliphatic heterocycles. The molecule has 2 unspecified atom stereocenters. The van der Waals surface area contributed by atoms with E-state index in [9.17, 15) is 13.6 Å². The maximum atomic E-state index is 13.4. The fourth-order valence-electron chi connectivity index (χ4n) is 4.86. The predicted octanol–water partition coefficient (Wildman–Crippen LogP) is 4.49. The lowest BCUT2D eigenvalue weighted by molar-refractivity contribution is -0.120. The molecule has 0 spiro atoms. The molecule has 7 heteroatoms. The van der Waals surface area contributed by atoms with Crippen LogP contribution in [0.25, 0.3) is 0 Å². The van der Waals surface area contributed by atoms with Crippen molar-refractivity contribution in [2.24, 2.45) is 10.2 Å². The van der Waals surface area contributed by atoms with E-state index in [0.717, 1.165) is 17.0 Å². The number of hydrogen-bond acceptors (Lipinski definition) is 4. The van der Waals surface area contributed by atoms with Crippen molar-refractivity contribution in [2.45, 2.75) is 64.1 Å². The number of carbonyl (C=O) groups is 1. The van der Waals surface area contributed by atoms with Gasteiger partial charge >= 0.3 is 0 Å². The highest BCUT2D eigenvalue weighted by molar-refractivity contribution is 6.00. The molecule has 1 aromatic rings. The number of rotatable bonds is 3. The van der Waals surface area contributed by atoms with Gasteiger partial charge in [-0.1, -0.05) is 25.1 Å². The normalized spacial score (nSPS) is 28.2. The Bertz CT molecular complexity index is 947. The zero-order chi connectivity index (χ0) is 20.3. The van der Waals surface area contributed by atoms with Gasteiger partial charge in [0.15, 0.2) is 6.17 Å². The number of allylic oxidation sites excluding steroid dienone is 1. The number of fused-ring (bicyclic) bond motifs is 1. The highest BCUT2D eigenvalue weighted by Crippen LogP contribution is 2.52. The van der Waals surface area contributed by atoms with Gasteiger partial charge in [0.05, 0.1) is 16.7 Å². The first-order chi connectivity index (χ1) is 13.2. The lowest BCUT2D eigenvalue weighted by Crippen LogP contribution is -2.58. The number of nitrogens with zero attached hydrogens (tertiary/aromatic N) is 2. The Kier molecular flexibility index (Phi) is 4.17. The van der Waals surface area contributed by atoms with E-state index in [1.807, 2.05) is 33.8 Å². The van der Waals surface area contributed by atoms with Gasteiger partial charge < -0.3 is 10.6 Å². The van der Waals surface area contributed by atoms with E-state index in [-0.39, 0.29) is 17.6 Å². The fraction of sp³-hybridized carbons (Fsp3) is 0.476. The summed E-state index contributed by atoms with van der Waals surface area (Å²) in [7, 11) is 0. The molecule has 28 heavy (non-hydrogen) atoms. The summed E-state index contributed by atoms with van der Waals surface area (Å²) in [6.07, 6.45) is -1.80. The SMILES string of the molecule is CCC1(c2cccc(C(F)F)c2)C2=C(CC(C)(C)NC2=O)NC2N=NC(C)=C21. The van der Waals surface area contributed by atoms with Crippen LogP contribution in [0, 0.1) is 0 Å². The van der Waals surface area contributed by atoms with Crippen LogP contribution in [0.4, 0.5) is 8.78 Å². The van der Waals surface area contributed by atoms with E-state index < -0.39 is 17.4 Å². The van der Waals surface area contributed by atoms with Crippen LogP contribution in [-0.4, -0.2) is 17.6 Å². The summed E-state index contributed by atoms with van der Waals surface area (Å²) in [5, 5.41) is 15.1. The molecular weight excluding hydrogens is 362 g/mol. The molecular formula is C21H24F2N4O. The highest BCUT2D eigenvalue weighted by Gasteiger charge is 2.54. The molecule has 0 aliphatic carbocycles. The van der Waals surface area contributed by atoms with Crippen molar-refractivity contribution in [3.8, 4) is 0 Å². The molecule has 1 aromatic carbocycles. The molecule has 1 amide bonds. The summed E-state index contributed by atoms with van der Waals surface area (Å²) in [5.41, 5.74) is 2.40. The van der Waals surface area contributed by atoms with Crippen molar-refractivity contribution in [3.05, 3.63) is 57.9 Å². The van der Waals surface area contributed by atoms with Gasteiger partial charge in [0.25, 0.3) is 12.3 Å². The van der Waals surface area contributed by atoms with E-state index in [2.05, 4.69) is 20.9 Å². The lowest BCUT2D eigenvalue weighted by atomic mass is 9.61. The third kappa shape index (κ3) is 2.59. The Hall–Kier alpha value is -2.57. The second kappa shape index (κ2) is 6.22. The van der Waals surface area contributed by atoms with Gasteiger partial charge in [-0.05, 0) is 38.8 Å². The molecule has 148 valence electrons. The maximum Gasteiger partial charge on any atom is 0.263 e. The summed E-state index contributed by atoms with van der Waals surface area (Å²) in [6, 6.07) is 6.40. The van der Waals surface area contributed by atoms with Gasteiger partial charge in [-0.15, -0.1) is 0 Å². The number of halogens is 2. The van der Waals surface area contributed by atoms with Crippen LogP contribution in [0.5, 0.6) is 0 Å². The smallest absolute Gasteiger partial charge is 0.263 e. The van der Waals surface area contributed by atoms with Crippen LogP contribution in [0.2, 0.25) is 0 Å². The predicted molar refractivity (Wildman–Crippen MR) is 102 cm³/mol. The summed E-state index contributed by atoms with van der Waals surface area (Å²) in [5.74, 6) is -0.172.